The molecule has 0 aliphatic heterocycles. The molecule has 0 saturated heterocycles. The number of aliphatic hydroxyl groups is 1. The van der Waals surface area contributed by atoms with Gasteiger partial charge in [0.1, 0.15) is 19.3 Å². The van der Waals surface area contributed by atoms with Gasteiger partial charge in [-0.25, -0.2) is 9.13 Å². The fourth-order valence-corrected chi connectivity index (χ4v) is 13.2. The predicted octanol–water partition coefficient (Wildman–Crippen LogP) is 22.4. The summed E-state index contributed by atoms with van der Waals surface area (Å²) in [6.07, 6.45) is 51.5. The first-order valence-corrected chi connectivity index (χ1v) is 42.8. The molecule has 3 N–H and O–H groups in total. The molecule has 17 nitrogen and oxygen atoms in total. The van der Waals surface area contributed by atoms with E-state index in [0.29, 0.717) is 31.6 Å². The number of ether oxygens (including phenoxy) is 4. The van der Waals surface area contributed by atoms with E-state index in [9.17, 15) is 43.2 Å². The smallest absolute Gasteiger partial charge is 0.462 e. The lowest BCUT2D eigenvalue weighted by molar-refractivity contribution is -0.161. The van der Waals surface area contributed by atoms with Gasteiger partial charge in [-0.3, -0.25) is 37.3 Å². The third-order valence-electron chi connectivity index (χ3n) is 18.9. The first-order valence-electron chi connectivity index (χ1n) is 39.8. The lowest BCUT2D eigenvalue weighted by Gasteiger charge is -2.21. The standard InChI is InChI=1S/C77H150O17P2/c1-9-68(6)54-46-38-30-24-20-18-16-14-12-13-15-17-19-21-27-33-43-51-59-76(81)93-72(63-87-74(79)57-49-41-32-26-23-22-25-31-39-47-55-69(7)10-2)65-91-95(83,84)89-61-71(78)62-90-96(85,86)92-66-73(94-77(82)60-52-44-36-35-40-48-56-70(8)11-3)64-88-75(80)58-50-42-34-28-29-37-45-53-67(4)5/h67-73,78H,9-66H2,1-8H3,(H,83,84)(H,85,86)/t68?,69?,70?,71?,72-,73-/m1/s1. The van der Waals surface area contributed by atoms with Gasteiger partial charge in [-0.05, 0) is 49.4 Å². The average Bonchev–Trinajstić information content (AvgIpc) is 1.62. The molecule has 0 aliphatic rings. The summed E-state index contributed by atoms with van der Waals surface area (Å²) in [6.45, 7) is 14.2. The summed E-state index contributed by atoms with van der Waals surface area (Å²) in [5, 5.41) is 10.6. The Morgan fingerprint density at radius 2 is 0.500 bits per heavy atom. The van der Waals surface area contributed by atoms with Gasteiger partial charge >= 0.3 is 39.5 Å². The van der Waals surface area contributed by atoms with Crippen molar-refractivity contribution in [3.63, 3.8) is 0 Å². The van der Waals surface area contributed by atoms with Crippen molar-refractivity contribution >= 4 is 39.5 Å². The summed E-state index contributed by atoms with van der Waals surface area (Å²) < 4.78 is 68.5. The van der Waals surface area contributed by atoms with Gasteiger partial charge in [-0.15, -0.1) is 0 Å². The van der Waals surface area contributed by atoms with E-state index in [1.165, 1.54) is 186 Å². The Morgan fingerprint density at radius 3 is 0.740 bits per heavy atom. The number of unbranched alkanes of at least 4 members (excludes halogenated alkanes) is 37. The topological polar surface area (TPSA) is 237 Å². The molecule has 0 bridgehead atoms. The molecule has 0 fully saturated rings. The van der Waals surface area contributed by atoms with Gasteiger partial charge in [0.25, 0.3) is 0 Å². The van der Waals surface area contributed by atoms with Crippen LogP contribution in [0.1, 0.15) is 389 Å². The van der Waals surface area contributed by atoms with Crippen molar-refractivity contribution in [3.8, 4) is 0 Å². The van der Waals surface area contributed by atoms with E-state index >= 15 is 0 Å². The van der Waals surface area contributed by atoms with Crippen LogP contribution in [0.5, 0.6) is 0 Å². The van der Waals surface area contributed by atoms with Crippen LogP contribution in [-0.2, 0) is 65.4 Å². The van der Waals surface area contributed by atoms with Crippen molar-refractivity contribution in [1.29, 1.82) is 0 Å². The van der Waals surface area contributed by atoms with Gasteiger partial charge in [-0.1, -0.05) is 338 Å². The van der Waals surface area contributed by atoms with Gasteiger partial charge in [0.2, 0.25) is 0 Å². The number of phosphoric ester groups is 2. The first-order chi connectivity index (χ1) is 46.2. The molecule has 0 spiro atoms. The van der Waals surface area contributed by atoms with Crippen LogP contribution < -0.4 is 0 Å². The number of hydrogen-bond donors (Lipinski definition) is 3. The molecule has 6 unspecified atom stereocenters. The summed E-state index contributed by atoms with van der Waals surface area (Å²) in [6, 6.07) is 0. The van der Waals surface area contributed by atoms with Crippen LogP contribution in [0.2, 0.25) is 0 Å². The molecule has 96 heavy (non-hydrogen) atoms. The van der Waals surface area contributed by atoms with Gasteiger partial charge in [-0.2, -0.15) is 0 Å². The number of carbonyl (C=O) groups excluding carboxylic acids is 4. The second kappa shape index (κ2) is 66.3. The maximum Gasteiger partial charge on any atom is 0.472 e. The number of carbonyl (C=O) groups is 4. The number of rotatable bonds is 74. The molecule has 0 rings (SSSR count). The van der Waals surface area contributed by atoms with E-state index in [0.717, 1.165) is 114 Å². The lowest BCUT2D eigenvalue weighted by Crippen LogP contribution is -2.30. The summed E-state index contributed by atoms with van der Waals surface area (Å²) in [5.74, 6) is 0.981. The summed E-state index contributed by atoms with van der Waals surface area (Å²) in [4.78, 5) is 72.8. The lowest BCUT2D eigenvalue weighted by atomic mass is 9.99. The molecule has 0 heterocycles. The minimum Gasteiger partial charge on any atom is -0.462 e. The molecular formula is C77H150O17P2. The zero-order chi connectivity index (χ0) is 71.0. The summed E-state index contributed by atoms with van der Waals surface area (Å²) >= 11 is 0. The van der Waals surface area contributed by atoms with Gasteiger partial charge in [0.15, 0.2) is 12.2 Å². The fourth-order valence-electron chi connectivity index (χ4n) is 11.6. The molecule has 0 aromatic rings. The molecule has 8 atom stereocenters. The third kappa shape index (κ3) is 66.6. The predicted molar refractivity (Wildman–Crippen MR) is 391 cm³/mol. The minimum absolute atomic E-state index is 0.102. The number of esters is 4. The molecule has 0 aromatic carbocycles. The van der Waals surface area contributed by atoms with E-state index in [1.807, 2.05) is 0 Å². The Labute approximate surface area is 588 Å². The molecule has 19 heteroatoms. The first kappa shape index (κ1) is 94.1. The quantitative estimate of drug-likeness (QED) is 0.0222. The highest BCUT2D eigenvalue weighted by Crippen LogP contribution is 2.45. The zero-order valence-corrected chi connectivity index (χ0v) is 64.8. The van der Waals surface area contributed by atoms with Crippen LogP contribution in [0.4, 0.5) is 0 Å². The number of phosphoric acid groups is 2. The second-order valence-electron chi connectivity index (χ2n) is 28.9. The molecule has 0 amide bonds. The van der Waals surface area contributed by atoms with Crippen LogP contribution in [0.25, 0.3) is 0 Å². The van der Waals surface area contributed by atoms with Gasteiger partial charge in [0.05, 0.1) is 26.4 Å². The Morgan fingerprint density at radius 1 is 0.292 bits per heavy atom. The van der Waals surface area contributed by atoms with Crippen LogP contribution in [0, 0.1) is 23.7 Å². The van der Waals surface area contributed by atoms with E-state index in [2.05, 4.69) is 55.4 Å². The van der Waals surface area contributed by atoms with Crippen LogP contribution in [0.15, 0.2) is 0 Å². The molecular weight excluding hydrogens is 1260 g/mol. The van der Waals surface area contributed by atoms with Crippen molar-refractivity contribution in [2.75, 3.05) is 39.6 Å². The summed E-state index contributed by atoms with van der Waals surface area (Å²) in [7, 11) is -9.91. The molecule has 0 radical (unpaired) electrons. The highest BCUT2D eigenvalue weighted by Gasteiger charge is 2.30. The molecule has 0 aromatic heterocycles. The van der Waals surface area contributed by atoms with Gasteiger partial charge in [0, 0.05) is 25.7 Å². The maximum atomic E-state index is 13.1. The molecule has 0 saturated carbocycles. The Kier molecular flexibility index (Phi) is 65.0. The molecule has 570 valence electrons. The van der Waals surface area contributed by atoms with Crippen molar-refractivity contribution < 1.29 is 80.2 Å². The van der Waals surface area contributed by atoms with Crippen molar-refractivity contribution in [1.82, 2.24) is 0 Å². The molecule has 0 aliphatic carbocycles. The summed E-state index contributed by atoms with van der Waals surface area (Å²) in [5.41, 5.74) is 0. The normalized spacial score (nSPS) is 15.0. The van der Waals surface area contributed by atoms with Crippen LogP contribution in [-0.4, -0.2) is 96.7 Å². The monoisotopic (exact) mass is 1410 g/mol. The highest BCUT2D eigenvalue weighted by molar-refractivity contribution is 7.47. The SMILES string of the molecule is CCC(C)CCCCCCCCCCCCCCCCCCCCC(=O)O[C@H](COC(=O)CCCCCCCCCCCCC(C)CC)COP(=O)(O)OCC(O)COP(=O)(O)OC[C@@H](COC(=O)CCCCCCCCCC(C)C)OC(=O)CCCCCCCCC(C)CC. The maximum absolute atomic E-state index is 13.1. The van der Waals surface area contributed by atoms with E-state index in [-0.39, 0.29) is 25.7 Å². The Balaban J connectivity index is 5.19. The van der Waals surface area contributed by atoms with E-state index < -0.39 is 97.5 Å². The van der Waals surface area contributed by atoms with Gasteiger partial charge < -0.3 is 33.8 Å². The fraction of sp³-hybridized carbons (Fsp3) is 0.948. The largest absolute Gasteiger partial charge is 0.472 e. The number of hydrogen-bond acceptors (Lipinski definition) is 15. The van der Waals surface area contributed by atoms with E-state index in [4.69, 9.17) is 37.0 Å². The second-order valence-corrected chi connectivity index (χ2v) is 31.9. The van der Waals surface area contributed by atoms with Crippen molar-refractivity contribution in [2.45, 2.75) is 408 Å². The van der Waals surface area contributed by atoms with E-state index in [1.54, 1.807) is 0 Å². The van der Waals surface area contributed by atoms with Crippen molar-refractivity contribution in [2.24, 2.45) is 23.7 Å². The Hall–Kier alpha value is -1.94. The average molecular weight is 1410 g/mol. The third-order valence-corrected chi connectivity index (χ3v) is 20.8. The Bertz CT molecular complexity index is 1890. The van der Waals surface area contributed by atoms with Crippen LogP contribution in [0.3, 0.4) is 0 Å². The highest BCUT2D eigenvalue weighted by atomic mass is 31.2. The van der Waals surface area contributed by atoms with Crippen molar-refractivity contribution in [3.05, 3.63) is 0 Å². The zero-order valence-electron chi connectivity index (χ0n) is 63.0. The minimum atomic E-state index is -4.96. The number of aliphatic hydroxyl groups excluding tert-OH is 1. The van der Waals surface area contributed by atoms with Crippen LogP contribution >= 0.6 is 15.6 Å².